The van der Waals surface area contributed by atoms with Crippen LogP contribution in [0, 0.1) is 12.3 Å². The minimum absolute atomic E-state index is 0.345. The average molecular weight is 255 g/mol. The fraction of sp³-hybridized carbons (Fsp3) is 0.692. The zero-order valence-corrected chi connectivity index (χ0v) is 11.3. The van der Waals surface area contributed by atoms with Crippen molar-refractivity contribution in [1.29, 1.82) is 0 Å². The van der Waals surface area contributed by atoms with Crippen LogP contribution in [0.25, 0.3) is 0 Å². The van der Waals surface area contributed by atoms with Gasteiger partial charge in [0, 0.05) is 28.3 Å². The van der Waals surface area contributed by atoms with Crippen molar-refractivity contribution in [2.24, 2.45) is 11.1 Å². The van der Waals surface area contributed by atoms with E-state index in [1.807, 2.05) is 19.1 Å². The molecule has 3 nitrogen and oxygen atoms in total. The van der Waals surface area contributed by atoms with Crippen molar-refractivity contribution in [3.8, 4) is 0 Å². The molecule has 2 rings (SSSR count). The molecule has 1 aliphatic heterocycles. The number of rotatable bonds is 3. The Morgan fingerprint density at radius 1 is 1.59 bits per heavy atom. The molecule has 1 saturated heterocycles. The van der Waals surface area contributed by atoms with Gasteiger partial charge in [-0.2, -0.15) is 0 Å². The van der Waals surface area contributed by atoms with Crippen LogP contribution in [0.2, 0.25) is 0 Å². The molecular formula is C13H21NO2S. The van der Waals surface area contributed by atoms with Gasteiger partial charge in [-0.3, -0.25) is 0 Å². The van der Waals surface area contributed by atoms with Gasteiger partial charge in [-0.25, -0.2) is 0 Å². The highest BCUT2D eigenvalue weighted by molar-refractivity contribution is 7.12. The van der Waals surface area contributed by atoms with Crippen molar-refractivity contribution < 1.29 is 9.84 Å². The summed E-state index contributed by atoms with van der Waals surface area (Å²) in [4.78, 5) is 2.20. The van der Waals surface area contributed by atoms with Crippen LogP contribution in [0.3, 0.4) is 0 Å². The molecule has 96 valence electrons. The predicted octanol–water partition coefficient (Wildman–Crippen LogP) is 2.02. The van der Waals surface area contributed by atoms with Crippen molar-refractivity contribution in [1.82, 2.24) is 0 Å². The molecule has 0 saturated carbocycles. The van der Waals surface area contributed by atoms with E-state index in [0.29, 0.717) is 13.2 Å². The second kappa shape index (κ2) is 4.69. The van der Waals surface area contributed by atoms with Crippen LogP contribution in [-0.4, -0.2) is 24.9 Å². The molecule has 3 N–H and O–H groups in total. The highest BCUT2D eigenvalue weighted by Gasteiger charge is 2.49. The van der Waals surface area contributed by atoms with E-state index < -0.39 is 5.60 Å². The topological polar surface area (TPSA) is 55.5 Å². The molecule has 0 radical (unpaired) electrons. The molecule has 2 unspecified atom stereocenters. The first-order chi connectivity index (χ1) is 8.02. The van der Waals surface area contributed by atoms with Gasteiger partial charge in [-0.05, 0) is 38.8 Å². The Kier molecular flexibility index (Phi) is 3.59. The van der Waals surface area contributed by atoms with Crippen molar-refractivity contribution in [2.45, 2.75) is 32.3 Å². The average Bonchev–Trinajstić information content (AvgIpc) is 2.77. The second-order valence-electron chi connectivity index (χ2n) is 5.12. The van der Waals surface area contributed by atoms with Gasteiger partial charge in [-0.15, -0.1) is 11.3 Å². The zero-order valence-electron chi connectivity index (χ0n) is 10.5. The van der Waals surface area contributed by atoms with Gasteiger partial charge >= 0.3 is 0 Å². The Labute approximate surface area is 107 Å². The fourth-order valence-electron chi connectivity index (χ4n) is 2.55. The van der Waals surface area contributed by atoms with Gasteiger partial charge in [-0.1, -0.05) is 0 Å². The van der Waals surface area contributed by atoms with Crippen LogP contribution in [0.4, 0.5) is 0 Å². The summed E-state index contributed by atoms with van der Waals surface area (Å²) < 4.78 is 5.56. The summed E-state index contributed by atoms with van der Waals surface area (Å²) in [5.74, 6) is 0. The number of hydrogen-bond donors (Lipinski definition) is 2. The maximum absolute atomic E-state index is 10.9. The zero-order chi connectivity index (χ0) is 12.5. The number of aryl methyl sites for hydroxylation is 1. The number of nitrogens with two attached hydrogens (primary N) is 1. The van der Waals surface area contributed by atoms with Crippen LogP contribution in [0.1, 0.15) is 29.5 Å². The molecule has 2 atom stereocenters. The molecule has 1 aliphatic rings. The summed E-state index contributed by atoms with van der Waals surface area (Å²) in [6.45, 7) is 5.71. The molecule has 1 aromatic rings. The van der Waals surface area contributed by atoms with E-state index in [1.165, 1.54) is 4.88 Å². The molecule has 0 aliphatic carbocycles. The minimum Gasteiger partial charge on any atom is -0.384 e. The summed E-state index contributed by atoms with van der Waals surface area (Å²) in [6, 6.07) is 4.05. The molecule has 2 heterocycles. The van der Waals surface area contributed by atoms with Crippen molar-refractivity contribution in [3.05, 3.63) is 21.9 Å². The third-order valence-electron chi connectivity index (χ3n) is 3.97. The van der Waals surface area contributed by atoms with E-state index in [2.05, 4.69) is 6.92 Å². The Balaban J connectivity index is 2.34. The summed E-state index contributed by atoms with van der Waals surface area (Å²) in [7, 11) is 0. The SMILES string of the molecule is Cc1ccc(C(C)(O)C2(CN)CCCOC2)s1. The van der Waals surface area contributed by atoms with E-state index in [-0.39, 0.29) is 5.41 Å². The van der Waals surface area contributed by atoms with E-state index in [9.17, 15) is 5.11 Å². The third kappa shape index (κ3) is 2.15. The van der Waals surface area contributed by atoms with Crippen LogP contribution in [0.15, 0.2) is 12.1 Å². The highest BCUT2D eigenvalue weighted by atomic mass is 32.1. The lowest BCUT2D eigenvalue weighted by Crippen LogP contribution is -2.53. The van der Waals surface area contributed by atoms with Gasteiger partial charge in [0.2, 0.25) is 0 Å². The first-order valence-electron chi connectivity index (χ1n) is 6.09. The molecule has 4 heteroatoms. The largest absolute Gasteiger partial charge is 0.384 e. The lowest BCUT2D eigenvalue weighted by molar-refractivity contribution is -0.137. The van der Waals surface area contributed by atoms with E-state index in [4.69, 9.17) is 10.5 Å². The van der Waals surface area contributed by atoms with Crippen molar-refractivity contribution >= 4 is 11.3 Å². The lowest BCUT2D eigenvalue weighted by atomic mass is 9.68. The molecule has 1 aromatic heterocycles. The van der Waals surface area contributed by atoms with Crippen molar-refractivity contribution in [3.63, 3.8) is 0 Å². The van der Waals surface area contributed by atoms with Crippen LogP contribution in [0.5, 0.6) is 0 Å². The Hall–Kier alpha value is -0.420. The van der Waals surface area contributed by atoms with E-state index >= 15 is 0 Å². The summed E-state index contributed by atoms with van der Waals surface area (Å²) >= 11 is 1.64. The number of ether oxygens (including phenoxy) is 1. The Bertz CT molecular complexity index is 381. The maximum Gasteiger partial charge on any atom is 0.105 e. The first-order valence-corrected chi connectivity index (χ1v) is 6.91. The second-order valence-corrected chi connectivity index (χ2v) is 6.41. The van der Waals surface area contributed by atoms with Gasteiger partial charge in [0.25, 0.3) is 0 Å². The monoisotopic (exact) mass is 255 g/mol. The van der Waals surface area contributed by atoms with Crippen LogP contribution >= 0.6 is 11.3 Å². The molecule has 0 aromatic carbocycles. The van der Waals surface area contributed by atoms with Gasteiger partial charge in [0.1, 0.15) is 5.60 Å². The van der Waals surface area contributed by atoms with Gasteiger partial charge < -0.3 is 15.6 Å². The van der Waals surface area contributed by atoms with Gasteiger partial charge in [0.05, 0.1) is 6.61 Å². The van der Waals surface area contributed by atoms with E-state index in [1.54, 1.807) is 11.3 Å². The normalized spacial score (nSPS) is 28.9. The molecule has 0 amide bonds. The minimum atomic E-state index is -0.902. The maximum atomic E-state index is 10.9. The molecular weight excluding hydrogens is 234 g/mol. The number of hydrogen-bond acceptors (Lipinski definition) is 4. The van der Waals surface area contributed by atoms with Gasteiger partial charge in [0.15, 0.2) is 0 Å². The third-order valence-corrected chi connectivity index (χ3v) is 5.18. The lowest BCUT2D eigenvalue weighted by Gasteiger charge is -2.46. The standard InChI is InChI=1S/C13H21NO2S/c1-10-4-5-11(17-10)12(2,15)13(8-14)6-3-7-16-9-13/h4-5,15H,3,6-9,14H2,1-2H3. The summed E-state index contributed by atoms with van der Waals surface area (Å²) in [5, 5.41) is 10.9. The Morgan fingerprint density at radius 3 is 2.82 bits per heavy atom. The molecule has 1 fully saturated rings. The summed E-state index contributed by atoms with van der Waals surface area (Å²) in [6.07, 6.45) is 1.89. The first kappa shape index (κ1) is 13.0. The molecule has 17 heavy (non-hydrogen) atoms. The predicted molar refractivity (Wildman–Crippen MR) is 70.2 cm³/mol. The summed E-state index contributed by atoms with van der Waals surface area (Å²) in [5.41, 5.74) is 4.69. The quantitative estimate of drug-likeness (QED) is 0.869. The molecule has 0 bridgehead atoms. The fourth-order valence-corrected chi connectivity index (χ4v) is 3.59. The molecule has 0 spiro atoms. The van der Waals surface area contributed by atoms with E-state index in [0.717, 1.165) is 24.3 Å². The smallest absolute Gasteiger partial charge is 0.105 e. The number of aliphatic hydroxyl groups is 1. The number of thiophene rings is 1. The highest BCUT2D eigenvalue weighted by Crippen LogP contribution is 2.46. The van der Waals surface area contributed by atoms with Crippen LogP contribution < -0.4 is 5.73 Å². The Morgan fingerprint density at radius 2 is 2.35 bits per heavy atom. The van der Waals surface area contributed by atoms with Crippen LogP contribution in [-0.2, 0) is 10.3 Å². The van der Waals surface area contributed by atoms with Crippen molar-refractivity contribution in [2.75, 3.05) is 19.8 Å².